The molecule has 0 atom stereocenters. The zero-order valence-corrected chi connectivity index (χ0v) is 49.0. The molecule has 9 heteroatoms. The minimum absolute atomic E-state index is 0.315. The van der Waals surface area contributed by atoms with Crippen LogP contribution >= 0.6 is 0 Å². The lowest BCUT2D eigenvalue weighted by molar-refractivity contribution is -0.137. The van der Waals surface area contributed by atoms with Gasteiger partial charge in [0.2, 0.25) is 0 Å². The molecule has 0 aromatic heterocycles. The summed E-state index contributed by atoms with van der Waals surface area (Å²) in [7, 11) is 0. The number of esters is 3. The Morgan fingerprint density at radius 1 is 0.512 bits per heavy atom. The second kappa shape index (κ2) is 32.6. The zero-order valence-electron chi connectivity index (χ0n) is 49.0. The van der Waals surface area contributed by atoms with Crippen LogP contribution in [0.1, 0.15) is 225 Å². The number of carbonyl (C=O) groups excluding carboxylic acids is 3. The van der Waals surface area contributed by atoms with Gasteiger partial charge in [0.25, 0.3) is 0 Å². The number of rotatable bonds is 30. The van der Waals surface area contributed by atoms with Crippen molar-refractivity contribution in [3.05, 3.63) is 133 Å². The van der Waals surface area contributed by atoms with E-state index in [1.165, 1.54) is 83.1 Å². The van der Waals surface area contributed by atoms with E-state index in [4.69, 9.17) is 28.4 Å². The molecule has 9 nitrogen and oxygen atoms in total. The SMILES string of the molecule is C=CC(=C)OCCCCCCOc1ccc(C(=O)OC2(c3ccc(C#CC4(OC(=O)c5ccc(OCCCCCCOC(=O)C=C)cc5)CCC(C5CCC(CCC)CC5)CC4)cc3)CCC(C3CCC(CCC)CC3)CC2)cc1. The van der Waals surface area contributed by atoms with E-state index in [1.807, 2.05) is 36.4 Å². The van der Waals surface area contributed by atoms with E-state index in [-0.39, 0.29) is 17.9 Å². The van der Waals surface area contributed by atoms with Gasteiger partial charge in [0, 0.05) is 11.6 Å². The molecule has 0 heterocycles. The summed E-state index contributed by atoms with van der Waals surface area (Å²) in [4.78, 5) is 39.6. The van der Waals surface area contributed by atoms with Crippen LogP contribution in [0.4, 0.5) is 0 Å². The molecule has 0 N–H and O–H groups in total. The van der Waals surface area contributed by atoms with Gasteiger partial charge in [-0.15, -0.1) is 0 Å². The Kier molecular flexibility index (Phi) is 25.2. The van der Waals surface area contributed by atoms with Crippen molar-refractivity contribution in [2.75, 3.05) is 26.4 Å². The average Bonchev–Trinajstić information content (AvgIpc) is 3.52. The van der Waals surface area contributed by atoms with Crippen molar-refractivity contribution in [1.82, 2.24) is 0 Å². The summed E-state index contributed by atoms with van der Waals surface area (Å²) in [6, 6.07) is 23.0. The standard InChI is InChI=1S/C71H96O9/c1-6-18-55-20-26-58(27-21-55)60-41-46-70(47-42-60,79-68(73)62-30-36-65(37-31-62)76-52-16-12-13-17-53-78-67(72)9-4)45-40-57-24-34-64(35-25-57)71(48-43-61(44-49-71)59-28-22-56(19-7-2)23-29-59)80-69(74)63-32-38-66(39-33-63)77-51-15-11-10-14-50-75-54(5)8-3/h8-9,24-25,30-39,55-56,58-61H,3-7,10-23,26-29,41-44,46-53H2,1-2H3. The van der Waals surface area contributed by atoms with Crippen molar-refractivity contribution in [1.29, 1.82) is 0 Å². The van der Waals surface area contributed by atoms with Gasteiger partial charge in [-0.25, -0.2) is 14.4 Å². The van der Waals surface area contributed by atoms with Crippen molar-refractivity contribution in [2.45, 2.75) is 205 Å². The zero-order chi connectivity index (χ0) is 56.4. The largest absolute Gasteiger partial charge is 0.494 e. The number of hydrogen-bond donors (Lipinski definition) is 0. The highest BCUT2D eigenvalue weighted by atomic mass is 16.6. The molecule has 0 aliphatic heterocycles. The minimum atomic E-state index is -0.909. The van der Waals surface area contributed by atoms with Crippen molar-refractivity contribution >= 4 is 17.9 Å². The van der Waals surface area contributed by atoms with E-state index in [0.717, 1.165) is 130 Å². The lowest BCUT2D eigenvalue weighted by atomic mass is 9.66. The first-order valence-corrected chi connectivity index (χ1v) is 31.3. The molecule has 4 saturated carbocycles. The molecule has 3 aromatic rings. The van der Waals surface area contributed by atoms with Crippen LogP contribution in [-0.2, 0) is 29.3 Å². The first-order valence-electron chi connectivity index (χ1n) is 31.3. The molecular weight excluding hydrogens is 997 g/mol. The van der Waals surface area contributed by atoms with Crippen LogP contribution < -0.4 is 9.47 Å². The maximum Gasteiger partial charge on any atom is 0.339 e. The highest BCUT2D eigenvalue weighted by Crippen LogP contribution is 2.49. The lowest BCUT2D eigenvalue weighted by Gasteiger charge is -2.43. The van der Waals surface area contributed by atoms with Crippen LogP contribution in [-0.4, -0.2) is 49.9 Å². The molecule has 0 bridgehead atoms. The normalized spacial score (nSPS) is 24.7. The molecular formula is C71H96O9. The molecule has 0 spiro atoms. The topological polar surface area (TPSA) is 107 Å². The predicted molar refractivity (Wildman–Crippen MR) is 320 cm³/mol. The fourth-order valence-electron chi connectivity index (χ4n) is 13.5. The molecule has 0 unspecified atom stereocenters. The van der Waals surface area contributed by atoms with Crippen molar-refractivity contribution in [2.24, 2.45) is 35.5 Å². The number of ether oxygens (including phenoxy) is 6. The summed E-state index contributed by atoms with van der Waals surface area (Å²) < 4.78 is 36.0. The Morgan fingerprint density at radius 3 is 1.41 bits per heavy atom. The van der Waals surface area contributed by atoms with Crippen LogP contribution in [0, 0.1) is 47.3 Å². The number of allylic oxidation sites excluding steroid dienone is 1. The van der Waals surface area contributed by atoms with E-state index in [9.17, 15) is 14.4 Å². The summed E-state index contributed by atoms with van der Waals surface area (Å²) >= 11 is 0. The second-order valence-corrected chi connectivity index (χ2v) is 23.9. The minimum Gasteiger partial charge on any atom is -0.494 e. The maximum atomic E-state index is 14.2. The van der Waals surface area contributed by atoms with Crippen LogP contribution in [0.5, 0.6) is 11.5 Å². The van der Waals surface area contributed by atoms with Gasteiger partial charge in [0.05, 0.1) is 37.6 Å². The molecule has 3 aromatic carbocycles. The van der Waals surface area contributed by atoms with Gasteiger partial charge in [0.1, 0.15) is 22.9 Å². The summed E-state index contributed by atoms with van der Waals surface area (Å²) in [5.41, 5.74) is 1.18. The van der Waals surface area contributed by atoms with Gasteiger partial charge in [-0.3, -0.25) is 0 Å². The fourth-order valence-corrected chi connectivity index (χ4v) is 13.5. The molecule has 4 aliphatic carbocycles. The Morgan fingerprint density at radius 2 is 0.950 bits per heavy atom. The van der Waals surface area contributed by atoms with Gasteiger partial charge < -0.3 is 28.4 Å². The van der Waals surface area contributed by atoms with Crippen molar-refractivity contribution in [3.8, 4) is 23.3 Å². The molecule has 0 radical (unpaired) electrons. The number of benzene rings is 3. The summed E-state index contributed by atoms with van der Waals surface area (Å²) in [5, 5.41) is 0. The highest BCUT2D eigenvalue weighted by Gasteiger charge is 2.44. The Bertz CT molecular complexity index is 2430. The van der Waals surface area contributed by atoms with E-state index in [1.54, 1.807) is 18.2 Å². The third-order valence-electron chi connectivity index (χ3n) is 18.3. The molecule has 4 aliphatic rings. The number of hydrogen-bond acceptors (Lipinski definition) is 9. The summed E-state index contributed by atoms with van der Waals surface area (Å²) in [6.07, 6.45) is 33.2. The molecule has 80 heavy (non-hydrogen) atoms. The lowest BCUT2D eigenvalue weighted by Crippen LogP contribution is -2.40. The monoisotopic (exact) mass is 1090 g/mol. The first-order chi connectivity index (χ1) is 39.0. The van der Waals surface area contributed by atoms with Crippen LogP contribution in [0.25, 0.3) is 0 Å². The van der Waals surface area contributed by atoms with Crippen LogP contribution in [0.15, 0.2) is 110 Å². The molecule has 0 amide bonds. The molecule has 434 valence electrons. The smallest absolute Gasteiger partial charge is 0.339 e. The Balaban J connectivity index is 1.01. The predicted octanol–water partition coefficient (Wildman–Crippen LogP) is 17.6. The Labute approximate surface area is 481 Å². The van der Waals surface area contributed by atoms with Gasteiger partial charge in [-0.1, -0.05) is 103 Å². The summed E-state index contributed by atoms with van der Waals surface area (Å²) in [5.74, 6) is 12.5. The molecule has 7 rings (SSSR count). The van der Waals surface area contributed by atoms with Gasteiger partial charge in [0.15, 0.2) is 5.60 Å². The molecule has 0 saturated heterocycles. The van der Waals surface area contributed by atoms with Crippen LogP contribution in [0.3, 0.4) is 0 Å². The highest BCUT2D eigenvalue weighted by molar-refractivity contribution is 5.90. The first kappa shape index (κ1) is 61.9. The van der Waals surface area contributed by atoms with E-state index in [0.29, 0.717) is 73.7 Å². The van der Waals surface area contributed by atoms with Crippen molar-refractivity contribution in [3.63, 3.8) is 0 Å². The summed E-state index contributed by atoms with van der Waals surface area (Å²) in [6.45, 7) is 17.7. The second-order valence-electron chi connectivity index (χ2n) is 23.9. The Hall–Kier alpha value is -5.75. The quantitative estimate of drug-likeness (QED) is 0.0123. The fraction of sp³-hybridized carbons (Fsp3) is 0.592. The van der Waals surface area contributed by atoms with E-state index >= 15 is 0 Å². The van der Waals surface area contributed by atoms with Crippen LogP contribution in [0.2, 0.25) is 0 Å². The van der Waals surface area contributed by atoms with Gasteiger partial charge in [-0.2, -0.15) is 0 Å². The number of carbonyl (C=O) groups is 3. The van der Waals surface area contributed by atoms with Gasteiger partial charge >= 0.3 is 17.9 Å². The van der Waals surface area contributed by atoms with Crippen molar-refractivity contribution < 1.29 is 42.8 Å². The third kappa shape index (κ3) is 19.2. The average molecular weight is 1090 g/mol. The van der Waals surface area contributed by atoms with E-state index < -0.39 is 11.2 Å². The van der Waals surface area contributed by atoms with E-state index in [2.05, 4.69) is 69.7 Å². The maximum absolute atomic E-state index is 14.2. The third-order valence-corrected chi connectivity index (χ3v) is 18.3. The molecule has 4 fully saturated rings. The number of unbranched alkanes of at least 4 members (excludes halogenated alkanes) is 6. The van der Waals surface area contributed by atoms with Gasteiger partial charge in [-0.05, 0) is 242 Å².